The zero-order valence-electron chi connectivity index (χ0n) is 21.5. The molecule has 0 bridgehead atoms. The maximum atomic E-state index is 13.7. The number of fused-ring (bicyclic) bond motifs is 1. The van der Waals surface area contributed by atoms with Gasteiger partial charge in [0, 0.05) is 31.5 Å². The molecule has 1 N–H and O–H groups in total. The molecule has 1 fully saturated rings. The minimum Gasteiger partial charge on any atom is -0.487 e. The number of aliphatic hydroxyl groups excluding tert-OH is 1. The Labute approximate surface area is 215 Å². The maximum absolute atomic E-state index is 13.7. The zero-order chi connectivity index (χ0) is 25.9. The Morgan fingerprint density at radius 1 is 1.11 bits per heavy atom. The fraction of sp³-hybridized carbons (Fsp3) is 0.536. The zero-order valence-corrected chi connectivity index (χ0v) is 22.3. The van der Waals surface area contributed by atoms with E-state index >= 15 is 0 Å². The third-order valence-corrected chi connectivity index (χ3v) is 9.58. The van der Waals surface area contributed by atoms with Gasteiger partial charge in [0.25, 0.3) is 0 Å². The lowest BCUT2D eigenvalue weighted by molar-refractivity contribution is -0.136. The summed E-state index contributed by atoms with van der Waals surface area (Å²) in [5.74, 6) is 0.264. The van der Waals surface area contributed by atoms with Crippen molar-refractivity contribution >= 4 is 15.9 Å². The van der Waals surface area contributed by atoms with Gasteiger partial charge in [-0.3, -0.25) is 4.79 Å². The number of hydrogen-bond donors (Lipinski definition) is 1. The van der Waals surface area contributed by atoms with Crippen molar-refractivity contribution in [3.63, 3.8) is 0 Å². The molecule has 1 saturated carbocycles. The van der Waals surface area contributed by atoms with E-state index in [0.29, 0.717) is 6.54 Å². The van der Waals surface area contributed by atoms with E-state index in [2.05, 4.69) is 0 Å². The molecule has 196 valence electrons. The lowest BCUT2D eigenvalue weighted by atomic mass is 9.88. The van der Waals surface area contributed by atoms with E-state index < -0.39 is 22.2 Å². The van der Waals surface area contributed by atoms with Crippen LogP contribution in [0.2, 0.25) is 0 Å². The number of aliphatic hydroxyl groups is 1. The van der Waals surface area contributed by atoms with Crippen LogP contribution in [-0.4, -0.2) is 67.5 Å². The lowest BCUT2D eigenvalue weighted by Gasteiger charge is -2.38. The van der Waals surface area contributed by atoms with Crippen LogP contribution in [0.25, 0.3) is 11.1 Å². The number of carbonyl (C=O) groups excluding carboxylic acids is 1. The molecule has 1 aliphatic carbocycles. The van der Waals surface area contributed by atoms with Gasteiger partial charge >= 0.3 is 0 Å². The van der Waals surface area contributed by atoms with Gasteiger partial charge in [0.15, 0.2) is 0 Å². The number of nitrogens with zero attached hydrogens (tertiary/aromatic N) is 2. The highest BCUT2D eigenvalue weighted by atomic mass is 32.2. The molecule has 3 atom stereocenters. The van der Waals surface area contributed by atoms with Crippen LogP contribution in [0.15, 0.2) is 53.4 Å². The molecular formula is C28H38N2O5S. The average molecular weight is 515 g/mol. The predicted octanol–water partition coefficient (Wildman–Crippen LogP) is 4.16. The molecule has 0 radical (unpaired) electrons. The SMILES string of the molecule is C[C@H]1CN([C@@H](C)CO)S(=O)(=O)c2ccc(-c3ccccc3)cc2O[C@@H]1CN(C)C(=O)C1CCCCC1. The summed E-state index contributed by atoms with van der Waals surface area (Å²) in [6.45, 7) is 3.93. The monoisotopic (exact) mass is 514 g/mol. The van der Waals surface area contributed by atoms with Gasteiger partial charge in [0.2, 0.25) is 15.9 Å². The second-order valence-electron chi connectivity index (χ2n) is 10.3. The predicted molar refractivity (Wildman–Crippen MR) is 140 cm³/mol. The largest absolute Gasteiger partial charge is 0.487 e. The normalized spacial score (nSPS) is 23.6. The summed E-state index contributed by atoms with van der Waals surface area (Å²) in [5, 5.41) is 9.85. The molecule has 1 amide bonds. The van der Waals surface area contributed by atoms with Crippen molar-refractivity contribution < 1.29 is 23.1 Å². The van der Waals surface area contributed by atoms with Crippen molar-refractivity contribution in [2.75, 3.05) is 26.7 Å². The van der Waals surface area contributed by atoms with Crippen molar-refractivity contribution in [3.05, 3.63) is 48.5 Å². The van der Waals surface area contributed by atoms with E-state index in [-0.39, 0.29) is 41.5 Å². The minimum atomic E-state index is -3.90. The number of likely N-dealkylation sites (N-methyl/N-ethyl adjacent to an activating group) is 1. The quantitative estimate of drug-likeness (QED) is 0.626. The van der Waals surface area contributed by atoms with Crippen molar-refractivity contribution in [2.45, 2.75) is 63.0 Å². The second-order valence-corrected chi connectivity index (χ2v) is 12.2. The number of rotatable bonds is 6. The number of sulfonamides is 1. The molecule has 1 heterocycles. The summed E-state index contributed by atoms with van der Waals surface area (Å²) in [6, 6.07) is 14.3. The van der Waals surface area contributed by atoms with Crippen LogP contribution < -0.4 is 4.74 Å². The molecule has 0 unspecified atom stereocenters. The fourth-order valence-corrected chi connectivity index (χ4v) is 7.10. The van der Waals surface area contributed by atoms with Gasteiger partial charge in [-0.25, -0.2) is 8.42 Å². The van der Waals surface area contributed by atoms with Crippen LogP contribution in [0, 0.1) is 11.8 Å². The molecule has 4 rings (SSSR count). The van der Waals surface area contributed by atoms with Crippen LogP contribution in [0.5, 0.6) is 5.75 Å². The average Bonchev–Trinajstić information content (AvgIpc) is 2.90. The summed E-state index contributed by atoms with van der Waals surface area (Å²) in [7, 11) is -2.09. The van der Waals surface area contributed by atoms with Gasteiger partial charge in [-0.2, -0.15) is 4.31 Å². The molecule has 2 aromatic carbocycles. The summed E-state index contributed by atoms with van der Waals surface area (Å²) in [5.41, 5.74) is 1.81. The van der Waals surface area contributed by atoms with Crippen molar-refractivity contribution in [3.8, 4) is 16.9 Å². The van der Waals surface area contributed by atoms with Gasteiger partial charge < -0.3 is 14.7 Å². The van der Waals surface area contributed by atoms with Crippen LogP contribution in [-0.2, 0) is 14.8 Å². The molecule has 0 aromatic heterocycles. The van der Waals surface area contributed by atoms with E-state index in [0.717, 1.165) is 36.8 Å². The smallest absolute Gasteiger partial charge is 0.247 e. The molecule has 2 aliphatic rings. The van der Waals surface area contributed by atoms with Gasteiger partial charge in [0.05, 0.1) is 13.2 Å². The molecule has 0 saturated heterocycles. The number of carbonyl (C=O) groups is 1. The van der Waals surface area contributed by atoms with E-state index in [1.807, 2.05) is 44.3 Å². The number of hydrogen-bond acceptors (Lipinski definition) is 5. The van der Waals surface area contributed by atoms with E-state index in [1.165, 1.54) is 10.7 Å². The van der Waals surface area contributed by atoms with Gasteiger partial charge in [-0.1, -0.05) is 62.6 Å². The van der Waals surface area contributed by atoms with Gasteiger partial charge in [-0.15, -0.1) is 0 Å². The van der Waals surface area contributed by atoms with E-state index in [4.69, 9.17) is 4.74 Å². The third kappa shape index (κ3) is 5.61. The Bertz CT molecular complexity index is 1150. The number of amides is 1. The summed E-state index contributed by atoms with van der Waals surface area (Å²) in [6.07, 6.45) is 4.80. The molecule has 36 heavy (non-hydrogen) atoms. The highest BCUT2D eigenvalue weighted by molar-refractivity contribution is 7.89. The first-order valence-corrected chi connectivity index (χ1v) is 14.4. The summed E-state index contributed by atoms with van der Waals surface area (Å²) < 4.78 is 35.2. The molecule has 7 nitrogen and oxygen atoms in total. The maximum Gasteiger partial charge on any atom is 0.247 e. The highest BCUT2D eigenvalue weighted by Gasteiger charge is 2.39. The Morgan fingerprint density at radius 3 is 2.47 bits per heavy atom. The van der Waals surface area contributed by atoms with E-state index in [1.54, 1.807) is 30.0 Å². The van der Waals surface area contributed by atoms with Gasteiger partial charge in [-0.05, 0) is 43.0 Å². The van der Waals surface area contributed by atoms with Crippen LogP contribution in [0.1, 0.15) is 46.0 Å². The topological polar surface area (TPSA) is 87.2 Å². The molecule has 1 aliphatic heterocycles. The second kappa shape index (κ2) is 11.3. The first kappa shape index (κ1) is 26.6. The lowest BCUT2D eigenvalue weighted by Crippen LogP contribution is -2.50. The Hall–Kier alpha value is -2.42. The van der Waals surface area contributed by atoms with Crippen LogP contribution in [0.3, 0.4) is 0 Å². The number of ether oxygens (including phenoxy) is 1. The Morgan fingerprint density at radius 2 is 1.81 bits per heavy atom. The summed E-state index contributed by atoms with van der Waals surface area (Å²) in [4.78, 5) is 15.0. The summed E-state index contributed by atoms with van der Waals surface area (Å²) >= 11 is 0. The Balaban J connectivity index is 1.70. The van der Waals surface area contributed by atoms with E-state index in [9.17, 15) is 18.3 Å². The fourth-order valence-electron chi connectivity index (χ4n) is 5.27. The third-order valence-electron chi connectivity index (χ3n) is 7.56. The Kier molecular flexibility index (Phi) is 8.37. The minimum absolute atomic E-state index is 0.0517. The highest BCUT2D eigenvalue weighted by Crippen LogP contribution is 2.36. The molecule has 2 aromatic rings. The van der Waals surface area contributed by atoms with Gasteiger partial charge in [0.1, 0.15) is 16.7 Å². The van der Waals surface area contributed by atoms with Crippen LogP contribution in [0.4, 0.5) is 0 Å². The first-order chi connectivity index (χ1) is 17.2. The standard InChI is InChI=1S/C28H38N2O5S/c1-20-17-30(21(2)19-31)36(33,34)27-15-14-24(22-10-6-4-7-11-22)16-25(27)35-26(20)18-29(3)28(32)23-12-8-5-9-13-23/h4,6-7,10-11,14-16,20-21,23,26,31H,5,8-9,12-13,17-19H2,1-3H3/t20-,21-,26+/m0/s1. The van der Waals surface area contributed by atoms with Crippen molar-refractivity contribution in [2.24, 2.45) is 11.8 Å². The van der Waals surface area contributed by atoms with Crippen molar-refractivity contribution in [1.82, 2.24) is 9.21 Å². The van der Waals surface area contributed by atoms with Crippen molar-refractivity contribution in [1.29, 1.82) is 0 Å². The van der Waals surface area contributed by atoms with Crippen LogP contribution >= 0.6 is 0 Å². The molecule has 0 spiro atoms. The molecule has 8 heteroatoms. The number of benzene rings is 2. The molecular weight excluding hydrogens is 476 g/mol. The first-order valence-electron chi connectivity index (χ1n) is 13.0.